The summed E-state index contributed by atoms with van der Waals surface area (Å²) in [6.07, 6.45) is 1.80. The van der Waals surface area contributed by atoms with Gasteiger partial charge in [-0.3, -0.25) is 4.79 Å². The Morgan fingerprint density at radius 2 is 1.69 bits per heavy atom. The molecule has 1 N–H and O–H groups in total. The molecule has 1 amide bonds. The van der Waals surface area contributed by atoms with Gasteiger partial charge in [0.25, 0.3) is 5.91 Å². The molecule has 0 unspecified atom stereocenters. The van der Waals surface area contributed by atoms with Crippen molar-refractivity contribution < 1.29 is 9.53 Å². The second kappa shape index (κ2) is 11.0. The zero-order valence-corrected chi connectivity index (χ0v) is 23.9. The average molecular weight is 663 g/mol. The van der Waals surface area contributed by atoms with Crippen molar-refractivity contribution in [1.82, 2.24) is 5.32 Å². The highest BCUT2D eigenvalue weighted by Crippen LogP contribution is 2.38. The summed E-state index contributed by atoms with van der Waals surface area (Å²) in [6, 6.07) is 23.5. The lowest BCUT2D eigenvalue weighted by Gasteiger charge is -2.12. The fourth-order valence-corrected chi connectivity index (χ4v) is 6.23. The van der Waals surface area contributed by atoms with Crippen molar-refractivity contribution in [2.75, 3.05) is 0 Å². The first-order valence-corrected chi connectivity index (χ1v) is 13.9. The molecule has 5 rings (SSSR count). The minimum atomic E-state index is -0.235. The van der Waals surface area contributed by atoms with Crippen LogP contribution in [0.1, 0.15) is 11.1 Å². The van der Waals surface area contributed by atoms with Crippen LogP contribution in [0.2, 0.25) is 10.0 Å². The van der Waals surface area contributed by atoms with Gasteiger partial charge < -0.3 is 10.1 Å². The van der Waals surface area contributed by atoms with Gasteiger partial charge in [-0.05, 0) is 102 Å². The Hall–Kier alpha value is -2.29. The molecule has 0 radical (unpaired) electrons. The molecule has 4 nitrogen and oxygen atoms in total. The third-order valence-electron chi connectivity index (χ3n) is 5.32. The molecular weight excluding hydrogens is 647 g/mol. The van der Waals surface area contributed by atoms with Gasteiger partial charge in [-0.2, -0.15) is 0 Å². The molecule has 0 spiro atoms. The molecule has 4 aromatic carbocycles. The van der Waals surface area contributed by atoms with Crippen LogP contribution in [-0.2, 0) is 11.4 Å². The molecule has 1 saturated heterocycles. The Bertz CT molecular complexity index is 1550. The van der Waals surface area contributed by atoms with Gasteiger partial charge >= 0.3 is 0 Å². The van der Waals surface area contributed by atoms with Crippen LogP contribution < -0.4 is 10.1 Å². The molecule has 9 heteroatoms. The van der Waals surface area contributed by atoms with Gasteiger partial charge in [0, 0.05) is 0 Å². The maximum atomic E-state index is 12.5. The van der Waals surface area contributed by atoms with Crippen LogP contribution in [0, 0.1) is 0 Å². The molecule has 0 aromatic heterocycles. The number of ether oxygens (including phenoxy) is 1. The fraction of sp³-hybridized carbons (Fsp3) is 0.0370. The number of nitrogens with zero attached hydrogens (tertiary/aromatic N) is 1. The van der Waals surface area contributed by atoms with Crippen LogP contribution >= 0.6 is 66.8 Å². The van der Waals surface area contributed by atoms with Crippen LogP contribution in [0.5, 0.6) is 5.75 Å². The molecule has 0 atom stereocenters. The summed E-state index contributed by atoms with van der Waals surface area (Å²) >= 11 is 20.7. The van der Waals surface area contributed by atoms with Gasteiger partial charge in [-0.25, -0.2) is 4.99 Å². The number of benzene rings is 4. The zero-order chi connectivity index (χ0) is 25.2. The number of rotatable bonds is 5. The quantitative estimate of drug-likeness (QED) is 0.217. The SMILES string of the molecule is O=C1NC(=Nc2cccc(Cl)c2Cl)S/C1=C\c1cc(Br)c(OCc2ccc3ccccc3c2)c(Br)c1. The summed E-state index contributed by atoms with van der Waals surface area (Å²) in [7, 11) is 0. The lowest BCUT2D eigenvalue weighted by molar-refractivity contribution is -0.115. The van der Waals surface area contributed by atoms with E-state index in [9.17, 15) is 4.79 Å². The highest BCUT2D eigenvalue weighted by atomic mass is 79.9. The third kappa shape index (κ3) is 5.66. The minimum Gasteiger partial charge on any atom is -0.487 e. The Labute approximate surface area is 239 Å². The lowest BCUT2D eigenvalue weighted by atomic mass is 10.1. The van der Waals surface area contributed by atoms with E-state index < -0.39 is 0 Å². The second-order valence-corrected chi connectivity index (χ2v) is 11.4. The van der Waals surface area contributed by atoms with Crippen LogP contribution in [0.25, 0.3) is 16.8 Å². The van der Waals surface area contributed by atoms with Gasteiger partial charge in [0.15, 0.2) is 5.17 Å². The molecule has 36 heavy (non-hydrogen) atoms. The van der Waals surface area contributed by atoms with E-state index in [1.807, 2.05) is 24.3 Å². The summed E-state index contributed by atoms with van der Waals surface area (Å²) in [6.45, 7) is 0.423. The number of fused-ring (bicyclic) bond motifs is 1. The smallest absolute Gasteiger partial charge is 0.264 e. The normalized spacial score (nSPS) is 15.6. The van der Waals surface area contributed by atoms with Crippen molar-refractivity contribution in [2.45, 2.75) is 6.61 Å². The first kappa shape index (κ1) is 25.4. The standard InChI is InChI=1S/C27H16Br2Cl2N2O2S/c28-19-11-16(13-23-26(34)33-27(36-23)32-22-7-3-6-21(30)24(22)31)12-20(29)25(19)35-14-15-8-9-17-4-1-2-5-18(17)10-15/h1-13H,14H2,(H,32,33,34)/b23-13-. The Kier molecular flexibility index (Phi) is 7.74. The Balaban J connectivity index is 1.32. The Morgan fingerprint density at radius 1 is 0.944 bits per heavy atom. The lowest BCUT2D eigenvalue weighted by Crippen LogP contribution is -2.19. The molecule has 180 valence electrons. The van der Waals surface area contributed by atoms with E-state index in [1.165, 1.54) is 22.5 Å². The molecule has 0 aliphatic carbocycles. The molecular formula is C27H16Br2Cl2N2O2S. The first-order valence-electron chi connectivity index (χ1n) is 10.7. The van der Waals surface area contributed by atoms with Crippen molar-refractivity contribution in [3.8, 4) is 5.75 Å². The molecule has 1 aliphatic rings. The number of hydrogen-bond acceptors (Lipinski definition) is 4. The van der Waals surface area contributed by atoms with E-state index >= 15 is 0 Å². The number of amides is 1. The summed E-state index contributed by atoms with van der Waals surface area (Å²) in [5, 5.41) is 6.31. The van der Waals surface area contributed by atoms with Crippen LogP contribution in [0.4, 0.5) is 5.69 Å². The van der Waals surface area contributed by atoms with Crippen LogP contribution in [0.3, 0.4) is 0 Å². The predicted octanol–water partition coefficient (Wildman–Crippen LogP) is 9.14. The summed E-state index contributed by atoms with van der Waals surface area (Å²) < 4.78 is 7.65. The molecule has 1 aliphatic heterocycles. The van der Waals surface area contributed by atoms with Gasteiger partial charge in [0.2, 0.25) is 0 Å². The number of nitrogens with one attached hydrogen (secondary N) is 1. The third-order valence-corrected chi connectivity index (χ3v) is 8.22. The van der Waals surface area contributed by atoms with E-state index in [2.05, 4.69) is 72.5 Å². The van der Waals surface area contributed by atoms with Crippen molar-refractivity contribution in [1.29, 1.82) is 0 Å². The van der Waals surface area contributed by atoms with Gasteiger partial charge in [-0.15, -0.1) is 0 Å². The number of hydrogen-bond donors (Lipinski definition) is 1. The monoisotopic (exact) mass is 660 g/mol. The van der Waals surface area contributed by atoms with Crippen molar-refractivity contribution in [2.24, 2.45) is 4.99 Å². The summed E-state index contributed by atoms with van der Waals surface area (Å²) in [5.41, 5.74) is 2.39. The molecule has 0 saturated carbocycles. The number of carbonyl (C=O) groups is 1. The molecule has 4 aromatic rings. The summed E-state index contributed by atoms with van der Waals surface area (Å²) in [5.74, 6) is 0.451. The van der Waals surface area contributed by atoms with Crippen LogP contribution in [0.15, 0.2) is 91.6 Å². The van der Waals surface area contributed by atoms with E-state index in [4.69, 9.17) is 27.9 Å². The highest BCUT2D eigenvalue weighted by Gasteiger charge is 2.24. The molecule has 1 heterocycles. The fourth-order valence-electron chi connectivity index (χ4n) is 3.60. The topological polar surface area (TPSA) is 50.7 Å². The molecule has 1 fully saturated rings. The Morgan fingerprint density at radius 3 is 2.47 bits per heavy atom. The van der Waals surface area contributed by atoms with E-state index in [0.29, 0.717) is 38.2 Å². The number of amidine groups is 1. The maximum Gasteiger partial charge on any atom is 0.264 e. The number of thioether (sulfide) groups is 1. The highest BCUT2D eigenvalue weighted by molar-refractivity contribution is 9.11. The minimum absolute atomic E-state index is 0.235. The van der Waals surface area contributed by atoms with E-state index in [-0.39, 0.29) is 5.91 Å². The predicted molar refractivity (Wildman–Crippen MR) is 157 cm³/mol. The number of aliphatic imine (C=N–C) groups is 1. The van der Waals surface area contributed by atoms with Gasteiger partial charge in [-0.1, -0.05) is 65.7 Å². The number of halogens is 4. The maximum absolute atomic E-state index is 12.5. The van der Waals surface area contributed by atoms with E-state index in [0.717, 1.165) is 20.1 Å². The van der Waals surface area contributed by atoms with Crippen molar-refractivity contribution in [3.05, 3.63) is 108 Å². The van der Waals surface area contributed by atoms with Crippen LogP contribution in [-0.4, -0.2) is 11.1 Å². The second-order valence-electron chi connectivity index (χ2n) is 7.84. The zero-order valence-electron chi connectivity index (χ0n) is 18.4. The van der Waals surface area contributed by atoms with Gasteiger partial charge in [0.05, 0.1) is 29.6 Å². The number of carbonyl (C=O) groups excluding carboxylic acids is 1. The van der Waals surface area contributed by atoms with Crippen molar-refractivity contribution >= 4 is 100 Å². The first-order chi connectivity index (χ1) is 17.4. The van der Waals surface area contributed by atoms with Crippen molar-refractivity contribution in [3.63, 3.8) is 0 Å². The molecule has 0 bridgehead atoms. The summed E-state index contributed by atoms with van der Waals surface area (Å²) in [4.78, 5) is 17.5. The van der Waals surface area contributed by atoms with E-state index in [1.54, 1.807) is 24.3 Å². The largest absolute Gasteiger partial charge is 0.487 e. The van der Waals surface area contributed by atoms with Gasteiger partial charge in [0.1, 0.15) is 12.4 Å². The average Bonchev–Trinajstić information content (AvgIpc) is 3.19.